The van der Waals surface area contributed by atoms with Gasteiger partial charge in [-0.15, -0.1) is 5.06 Å². The Kier molecular flexibility index (Phi) is 8.19. The van der Waals surface area contributed by atoms with E-state index < -0.39 is 18.0 Å². The van der Waals surface area contributed by atoms with Gasteiger partial charge in [0.1, 0.15) is 23.2 Å². The first-order valence-corrected chi connectivity index (χ1v) is 13.0. The summed E-state index contributed by atoms with van der Waals surface area (Å²) in [7, 11) is 1.53. The number of hydroxylamine groups is 2. The summed E-state index contributed by atoms with van der Waals surface area (Å²) in [5, 5.41) is 21.5. The maximum Gasteiger partial charge on any atom is 0.377 e. The minimum Gasteiger partial charge on any atom is -0.508 e. The molecule has 3 aromatic carbocycles. The average Bonchev–Trinajstić information content (AvgIpc) is 3.41. The van der Waals surface area contributed by atoms with E-state index in [0.29, 0.717) is 27.5 Å². The highest BCUT2D eigenvalue weighted by atomic mass is 35.5. The number of hydrogen-bond donors (Lipinski definition) is 2. The SMILES string of the molecule is COc1cccc(CN(OC(=O)c2cn3ccc(-c4ccc(Cl)cc4)cc3n2)[C@@H](Cc2ccc(O)cc2)C(=O)O)c1. The molecule has 0 aliphatic rings. The Balaban J connectivity index is 1.43. The molecule has 10 heteroatoms. The monoisotopic (exact) mass is 571 g/mol. The van der Waals surface area contributed by atoms with Crippen LogP contribution in [-0.2, 0) is 22.6 Å². The lowest BCUT2D eigenvalue weighted by Gasteiger charge is -2.27. The second kappa shape index (κ2) is 12.1. The summed E-state index contributed by atoms with van der Waals surface area (Å²) in [5.74, 6) is -1.35. The Morgan fingerprint density at radius 1 is 0.976 bits per heavy atom. The number of carbonyl (C=O) groups is 2. The zero-order valence-corrected chi connectivity index (χ0v) is 22.7. The van der Waals surface area contributed by atoms with Crippen molar-refractivity contribution < 1.29 is 29.4 Å². The maximum atomic E-state index is 13.3. The number of halogens is 1. The molecule has 0 unspecified atom stereocenters. The zero-order valence-electron chi connectivity index (χ0n) is 22.0. The van der Waals surface area contributed by atoms with E-state index in [1.165, 1.54) is 25.4 Å². The Bertz CT molecular complexity index is 1690. The van der Waals surface area contributed by atoms with Gasteiger partial charge in [0.25, 0.3) is 0 Å². The number of ether oxygens (including phenoxy) is 1. The van der Waals surface area contributed by atoms with Gasteiger partial charge in [-0.2, -0.15) is 0 Å². The third-order valence-electron chi connectivity index (χ3n) is 6.52. The molecule has 1 atom stereocenters. The van der Waals surface area contributed by atoms with Gasteiger partial charge < -0.3 is 24.2 Å². The largest absolute Gasteiger partial charge is 0.508 e. The quantitative estimate of drug-likeness (QED) is 0.207. The molecule has 2 N–H and O–H groups in total. The Morgan fingerprint density at radius 3 is 2.44 bits per heavy atom. The number of aromatic hydroxyl groups is 1. The zero-order chi connectivity index (χ0) is 28.9. The van der Waals surface area contributed by atoms with Crippen LogP contribution in [0.3, 0.4) is 0 Å². The van der Waals surface area contributed by atoms with E-state index >= 15 is 0 Å². The summed E-state index contributed by atoms with van der Waals surface area (Å²) in [6, 6.07) is 23.1. The van der Waals surface area contributed by atoms with Crippen LogP contribution in [0.5, 0.6) is 11.5 Å². The minimum atomic E-state index is -1.23. The van der Waals surface area contributed by atoms with Crippen LogP contribution in [0.25, 0.3) is 16.8 Å². The lowest BCUT2D eigenvalue weighted by molar-refractivity contribution is -0.175. The van der Waals surface area contributed by atoms with Gasteiger partial charge in [0.05, 0.1) is 13.7 Å². The lowest BCUT2D eigenvalue weighted by atomic mass is 10.0. The van der Waals surface area contributed by atoms with Crippen LogP contribution in [0.1, 0.15) is 21.6 Å². The van der Waals surface area contributed by atoms with E-state index in [1.54, 1.807) is 59.1 Å². The topological polar surface area (TPSA) is 114 Å². The fraction of sp³-hybridized carbons (Fsp3) is 0.129. The molecule has 0 fully saturated rings. The van der Waals surface area contributed by atoms with Gasteiger partial charge in [-0.05, 0) is 70.8 Å². The van der Waals surface area contributed by atoms with Gasteiger partial charge >= 0.3 is 11.9 Å². The lowest BCUT2D eigenvalue weighted by Crippen LogP contribution is -2.43. The summed E-state index contributed by atoms with van der Waals surface area (Å²) in [6.45, 7) is -0.0217. The number of phenolic OH excluding ortho intramolecular Hbond substituents is 1. The normalized spacial score (nSPS) is 11.9. The number of aliphatic carboxylic acids is 1. The number of carboxylic acid groups (broad SMARTS) is 1. The average molecular weight is 572 g/mol. The number of phenols is 1. The highest BCUT2D eigenvalue weighted by Gasteiger charge is 2.31. The van der Waals surface area contributed by atoms with Crippen molar-refractivity contribution in [3.05, 3.63) is 119 Å². The Hall–Kier alpha value is -4.86. The van der Waals surface area contributed by atoms with Crippen molar-refractivity contribution in [3.8, 4) is 22.6 Å². The van der Waals surface area contributed by atoms with Crippen molar-refractivity contribution >= 4 is 29.2 Å². The molecule has 0 amide bonds. The summed E-state index contributed by atoms with van der Waals surface area (Å²) in [5.41, 5.74) is 3.68. The molecule has 2 aromatic heterocycles. The number of pyridine rings is 1. The van der Waals surface area contributed by atoms with E-state index in [9.17, 15) is 19.8 Å². The molecule has 0 saturated heterocycles. The molecule has 2 heterocycles. The van der Waals surface area contributed by atoms with Crippen LogP contribution in [0, 0.1) is 0 Å². The highest BCUT2D eigenvalue weighted by Crippen LogP contribution is 2.24. The number of carboxylic acids is 1. The van der Waals surface area contributed by atoms with Crippen LogP contribution in [0.2, 0.25) is 5.02 Å². The van der Waals surface area contributed by atoms with Crippen molar-refractivity contribution in [3.63, 3.8) is 0 Å². The number of benzene rings is 3. The van der Waals surface area contributed by atoms with Crippen molar-refractivity contribution in [1.29, 1.82) is 0 Å². The van der Waals surface area contributed by atoms with Gasteiger partial charge in [-0.25, -0.2) is 9.78 Å². The molecule has 5 aromatic rings. The third-order valence-corrected chi connectivity index (χ3v) is 6.77. The van der Waals surface area contributed by atoms with Gasteiger partial charge in [-0.1, -0.05) is 48.0 Å². The van der Waals surface area contributed by atoms with Crippen molar-refractivity contribution in [2.75, 3.05) is 7.11 Å². The molecular formula is C31H26ClN3O6. The number of carbonyl (C=O) groups excluding carboxylic acids is 1. The number of aromatic nitrogens is 2. The van der Waals surface area contributed by atoms with Crippen LogP contribution in [0.4, 0.5) is 0 Å². The molecule has 0 aliphatic carbocycles. The van der Waals surface area contributed by atoms with Gasteiger partial charge in [-0.3, -0.25) is 4.79 Å². The molecule has 41 heavy (non-hydrogen) atoms. The van der Waals surface area contributed by atoms with E-state index in [2.05, 4.69) is 4.98 Å². The molecule has 0 radical (unpaired) electrons. The molecular weight excluding hydrogens is 546 g/mol. The number of rotatable bonds is 10. The second-order valence-corrected chi connectivity index (χ2v) is 9.78. The first-order valence-electron chi connectivity index (χ1n) is 12.7. The van der Waals surface area contributed by atoms with Crippen molar-refractivity contribution in [1.82, 2.24) is 14.4 Å². The van der Waals surface area contributed by atoms with E-state index in [-0.39, 0.29) is 24.4 Å². The summed E-state index contributed by atoms with van der Waals surface area (Å²) < 4.78 is 6.99. The smallest absolute Gasteiger partial charge is 0.377 e. The predicted octanol–water partition coefficient (Wildman–Crippen LogP) is 5.64. The maximum absolute atomic E-state index is 13.3. The summed E-state index contributed by atoms with van der Waals surface area (Å²) in [4.78, 5) is 36.0. The first-order chi connectivity index (χ1) is 19.8. The fourth-order valence-electron chi connectivity index (χ4n) is 4.38. The standard InChI is InChI=1S/C31H26ClN3O6/c1-40-26-4-2-3-21(15-26)18-35(28(30(37)38)16-20-5-11-25(36)12-6-20)41-31(39)27-19-34-14-13-23(17-29(34)33-27)22-7-9-24(32)10-8-22/h2-15,17,19,28,36H,16,18H2,1H3,(H,37,38)/t28-/m0/s1. The van der Waals surface area contributed by atoms with Gasteiger partial charge in [0, 0.05) is 23.8 Å². The highest BCUT2D eigenvalue weighted by molar-refractivity contribution is 6.30. The summed E-state index contributed by atoms with van der Waals surface area (Å²) in [6.07, 6.45) is 3.33. The first kappa shape index (κ1) is 27.7. The molecule has 208 valence electrons. The number of fused-ring (bicyclic) bond motifs is 1. The van der Waals surface area contributed by atoms with E-state index in [0.717, 1.165) is 16.2 Å². The van der Waals surface area contributed by atoms with Crippen LogP contribution in [-0.4, -0.2) is 49.8 Å². The molecule has 9 nitrogen and oxygen atoms in total. The van der Waals surface area contributed by atoms with E-state index in [4.69, 9.17) is 21.2 Å². The predicted molar refractivity (Wildman–Crippen MR) is 153 cm³/mol. The van der Waals surface area contributed by atoms with Crippen molar-refractivity contribution in [2.45, 2.75) is 19.0 Å². The Labute approximate surface area is 240 Å². The number of hydrogen-bond acceptors (Lipinski definition) is 7. The minimum absolute atomic E-state index is 0.0163. The number of nitrogens with zero attached hydrogens (tertiary/aromatic N) is 3. The Morgan fingerprint density at radius 2 is 1.73 bits per heavy atom. The number of methoxy groups -OCH3 is 1. The van der Waals surface area contributed by atoms with Crippen LogP contribution < -0.4 is 4.74 Å². The van der Waals surface area contributed by atoms with Gasteiger partial charge in [0.15, 0.2) is 5.69 Å². The molecule has 0 aliphatic heterocycles. The summed E-state index contributed by atoms with van der Waals surface area (Å²) >= 11 is 6.01. The third kappa shape index (κ3) is 6.66. The fourth-order valence-corrected chi connectivity index (χ4v) is 4.51. The van der Waals surface area contributed by atoms with Gasteiger partial charge in [0.2, 0.25) is 0 Å². The molecule has 5 rings (SSSR count). The van der Waals surface area contributed by atoms with E-state index in [1.807, 2.05) is 24.3 Å². The van der Waals surface area contributed by atoms with Crippen LogP contribution in [0.15, 0.2) is 97.3 Å². The van der Waals surface area contributed by atoms with Crippen LogP contribution >= 0.6 is 11.6 Å². The molecule has 0 bridgehead atoms. The second-order valence-electron chi connectivity index (χ2n) is 9.34. The number of imidazole rings is 1. The van der Waals surface area contributed by atoms with Crippen molar-refractivity contribution in [2.24, 2.45) is 0 Å². The molecule has 0 saturated carbocycles. The molecule has 0 spiro atoms.